The van der Waals surface area contributed by atoms with Crippen LogP contribution in [-0.2, 0) is 9.59 Å². The summed E-state index contributed by atoms with van der Waals surface area (Å²) in [6, 6.07) is 14.3. The van der Waals surface area contributed by atoms with Crippen molar-refractivity contribution in [2.24, 2.45) is 10.9 Å². The fourth-order valence-electron chi connectivity index (χ4n) is 2.23. The van der Waals surface area contributed by atoms with E-state index < -0.39 is 23.8 Å². The van der Waals surface area contributed by atoms with E-state index in [1.807, 2.05) is 6.07 Å². The summed E-state index contributed by atoms with van der Waals surface area (Å²) in [4.78, 5) is 41.6. The van der Waals surface area contributed by atoms with E-state index in [1.165, 1.54) is 18.3 Å². The first-order chi connectivity index (χ1) is 11.6. The van der Waals surface area contributed by atoms with E-state index in [2.05, 4.69) is 10.3 Å². The summed E-state index contributed by atoms with van der Waals surface area (Å²) in [5, 5.41) is 2.64. The van der Waals surface area contributed by atoms with Crippen molar-refractivity contribution in [2.75, 3.05) is 4.90 Å². The Morgan fingerprint density at radius 3 is 2.33 bits per heavy atom. The van der Waals surface area contributed by atoms with Crippen molar-refractivity contribution in [3.63, 3.8) is 0 Å². The Kier molecular flexibility index (Phi) is 4.39. The van der Waals surface area contributed by atoms with Crippen LogP contribution in [0.3, 0.4) is 0 Å². The molecule has 6 nitrogen and oxygen atoms in total. The lowest BCUT2D eigenvalue weighted by Gasteiger charge is -2.28. The standard InChI is InChI=1S/C17H12ClN3O3/c18-11-6-8-13(9-7-11)21-16(23)14(15(22)20-17(21)24)10-19-12-4-2-1-3-5-12/h1-10,14H,(H,20,22,24)/t14-/m0/s1. The van der Waals surface area contributed by atoms with Crippen molar-refractivity contribution in [1.82, 2.24) is 5.32 Å². The fourth-order valence-corrected chi connectivity index (χ4v) is 2.36. The number of nitrogens with zero attached hydrogens (tertiary/aromatic N) is 2. The second kappa shape index (κ2) is 6.64. The lowest BCUT2D eigenvalue weighted by Crippen LogP contribution is -2.58. The second-order valence-electron chi connectivity index (χ2n) is 5.04. The Balaban J connectivity index is 1.88. The van der Waals surface area contributed by atoms with E-state index in [4.69, 9.17) is 11.6 Å². The number of rotatable bonds is 3. The first-order valence-corrected chi connectivity index (χ1v) is 7.47. The van der Waals surface area contributed by atoms with Gasteiger partial charge in [-0.2, -0.15) is 0 Å². The zero-order valence-corrected chi connectivity index (χ0v) is 13.1. The molecule has 0 saturated carbocycles. The van der Waals surface area contributed by atoms with Crippen molar-refractivity contribution >= 4 is 47.0 Å². The summed E-state index contributed by atoms with van der Waals surface area (Å²) in [5.41, 5.74) is 0.931. The molecule has 0 spiro atoms. The molecule has 1 atom stereocenters. The lowest BCUT2D eigenvalue weighted by atomic mass is 10.1. The minimum atomic E-state index is -1.18. The van der Waals surface area contributed by atoms with Gasteiger partial charge in [-0.25, -0.2) is 9.69 Å². The zero-order chi connectivity index (χ0) is 17.1. The molecule has 0 bridgehead atoms. The highest BCUT2D eigenvalue weighted by Gasteiger charge is 2.40. The molecule has 0 radical (unpaired) electrons. The number of barbiturate groups is 1. The normalized spacial score (nSPS) is 18.1. The monoisotopic (exact) mass is 341 g/mol. The summed E-state index contributed by atoms with van der Waals surface area (Å²) in [6.45, 7) is 0. The molecule has 24 heavy (non-hydrogen) atoms. The average Bonchev–Trinajstić information content (AvgIpc) is 2.57. The van der Waals surface area contributed by atoms with Crippen LogP contribution in [0.1, 0.15) is 0 Å². The summed E-state index contributed by atoms with van der Waals surface area (Å²) >= 11 is 5.81. The maximum Gasteiger partial charge on any atom is 0.335 e. The van der Waals surface area contributed by atoms with Gasteiger partial charge >= 0.3 is 6.03 Å². The molecule has 0 aliphatic carbocycles. The molecule has 2 aromatic rings. The number of hydrogen-bond donors (Lipinski definition) is 1. The Hall–Kier alpha value is -2.99. The number of nitrogens with one attached hydrogen (secondary N) is 1. The number of carbonyl (C=O) groups excluding carboxylic acids is 3. The molecule has 0 unspecified atom stereocenters. The minimum Gasteiger partial charge on any atom is -0.276 e. The third-order valence-corrected chi connectivity index (χ3v) is 3.67. The average molecular weight is 342 g/mol. The third kappa shape index (κ3) is 3.18. The van der Waals surface area contributed by atoms with Gasteiger partial charge in [0.05, 0.1) is 11.4 Å². The van der Waals surface area contributed by atoms with Crippen LogP contribution in [0, 0.1) is 5.92 Å². The molecule has 4 amide bonds. The summed E-state index contributed by atoms with van der Waals surface area (Å²) in [5.74, 6) is -2.54. The van der Waals surface area contributed by atoms with Crippen molar-refractivity contribution in [3.05, 3.63) is 59.6 Å². The highest BCUT2D eigenvalue weighted by molar-refractivity contribution is 6.33. The van der Waals surface area contributed by atoms with Crippen molar-refractivity contribution < 1.29 is 14.4 Å². The first kappa shape index (κ1) is 15.9. The molecule has 120 valence electrons. The van der Waals surface area contributed by atoms with Gasteiger partial charge in [0.2, 0.25) is 5.91 Å². The van der Waals surface area contributed by atoms with Crippen LogP contribution in [0.2, 0.25) is 5.02 Å². The molecule has 1 saturated heterocycles. The number of anilines is 1. The first-order valence-electron chi connectivity index (χ1n) is 7.10. The van der Waals surface area contributed by atoms with E-state index in [0.717, 1.165) is 4.90 Å². The second-order valence-corrected chi connectivity index (χ2v) is 5.47. The molecule has 1 aliphatic heterocycles. The maximum atomic E-state index is 12.6. The number of amides is 4. The molecule has 1 fully saturated rings. The van der Waals surface area contributed by atoms with E-state index in [0.29, 0.717) is 16.4 Å². The Morgan fingerprint density at radius 1 is 1.00 bits per heavy atom. The van der Waals surface area contributed by atoms with Gasteiger partial charge in [-0.15, -0.1) is 0 Å². The quantitative estimate of drug-likeness (QED) is 0.688. The number of imide groups is 2. The Labute approximate surface area is 142 Å². The minimum absolute atomic E-state index is 0.326. The van der Waals surface area contributed by atoms with Gasteiger partial charge in [0, 0.05) is 11.2 Å². The van der Waals surface area contributed by atoms with Crippen molar-refractivity contribution in [1.29, 1.82) is 0 Å². The number of halogens is 1. The predicted molar refractivity (Wildman–Crippen MR) is 90.6 cm³/mol. The zero-order valence-electron chi connectivity index (χ0n) is 12.3. The number of aliphatic imine (C=N–C) groups is 1. The summed E-state index contributed by atoms with van der Waals surface area (Å²) in [6.07, 6.45) is 1.24. The molecule has 3 rings (SSSR count). The molecule has 0 aromatic heterocycles. The van der Waals surface area contributed by atoms with Gasteiger partial charge in [-0.3, -0.25) is 19.9 Å². The molecule has 7 heteroatoms. The van der Waals surface area contributed by atoms with E-state index in [-0.39, 0.29) is 0 Å². The van der Waals surface area contributed by atoms with Crippen LogP contribution in [-0.4, -0.2) is 24.1 Å². The van der Waals surface area contributed by atoms with Gasteiger partial charge in [0.1, 0.15) is 0 Å². The van der Waals surface area contributed by atoms with E-state index in [9.17, 15) is 14.4 Å². The largest absolute Gasteiger partial charge is 0.335 e. The van der Waals surface area contributed by atoms with Crippen LogP contribution in [0.5, 0.6) is 0 Å². The van der Waals surface area contributed by atoms with Crippen molar-refractivity contribution in [3.8, 4) is 0 Å². The van der Waals surface area contributed by atoms with E-state index in [1.54, 1.807) is 36.4 Å². The molecular formula is C17H12ClN3O3. The molecule has 2 aromatic carbocycles. The van der Waals surface area contributed by atoms with E-state index >= 15 is 0 Å². The van der Waals surface area contributed by atoms with Crippen LogP contribution in [0.4, 0.5) is 16.2 Å². The Morgan fingerprint density at radius 2 is 1.67 bits per heavy atom. The van der Waals surface area contributed by atoms with Crippen molar-refractivity contribution in [2.45, 2.75) is 0 Å². The molecule has 1 N–H and O–H groups in total. The van der Waals surface area contributed by atoms with Gasteiger partial charge in [0.15, 0.2) is 5.92 Å². The van der Waals surface area contributed by atoms with Crippen LogP contribution in [0.15, 0.2) is 59.6 Å². The van der Waals surface area contributed by atoms with Gasteiger partial charge < -0.3 is 0 Å². The highest BCUT2D eigenvalue weighted by atomic mass is 35.5. The number of benzene rings is 2. The number of urea groups is 1. The highest BCUT2D eigenvalue weighted by Crippen LogP contribution is 2.22. The lowest BCUT2D eigenvalue weighted by molar-refractivity contribution is -0.131. The molecule has 1 aliphatic rings. The summed E-state index contributed by atoms with van der Waals surface area (Å²) < 4.78 is 0. The summed E-state index contributed by atoms with van der Waals surface area (Å²) in [7, 11) is 0. The number of para-hydroxylation sites is 1. The third-order valence-electron chi connectivity index (χ3n) is 3.42. The predicted octanol–water partition coefficient (Wildman–Crippen LogP) is 2.94. The van der Waals surface area contributed by atoms with Crippen LogP contribution >= 0.6 is 11.6 Å². The van der Waals surface area contributed by atoms with Crippen LogP contribution in [0.25, 0.3) is 0 Å². The Bertz CT molecular complexity index is 819. The molecular weight excluding hydrogens is 330 g/mol. The van der Waals surface area contributed by atoms with Gasteiger partial charge in [-0.1, -0.05) is 29.8 Å². The SMILES string of the molecule is O=C1NC(=O)N(c2ccc(Cl)cc2)C(=O)[C@H]1C=Nc1ccccc1. The maximum absolute atomic E-state index is 12.6. The van der Waals surface area contributed by atoms with Gasteiger partial charge in [-0.05, 0) is 36.4 Å². The topological polar surface area (TPSA) is 78.8 Å². The van der Waals surface area contributed by atoms with Crippen LogP contribution < -0.4 is 10.2 Å². The number of carbonyl (C=O) groups is 3. The smallest absolute Gasteiger partial charge is 0.276 e. The molecule has 1 heterocycles. The fraction of sp³-hybridized carbons (Fsp3) is 0.0588. The van der Waals surface area contributed by atoms with Gasteiger partial charge in [0.25, 0.3) is 5.91 Å². The number of hydrogen-bond acceptors (Lipinski definition) is 4.